The van der Waals surface area contributed by atoms with E-state index in [-0.39, 0.29) is 11.6 Å². The van der Waals surface area contributed by atoms with Gasteiger partial charge in [-0.05, 0) is 19.8 Å². The van der Waals surface area contributed by atoms with Gasteiger partial charge in [-0.15, -0.1) is 5.10 Å². The first kappa shape index (κ1) is 14.2. The summed E-state index contributed by atoms with van der Waals surface area (Å²) < 4.78 is 11.8. The fraction of sp³-hybridized carbons (Fsp3) is 0.538. The van der Waals surface area contributed by atoms with E-state index in [0.29, 0.717) is 13.2 Å². The Morgan fingerprint density at radius 3 is 2.80 bits per heavy atom. The van der Waals surface area contributed by atoms with E-state index in [2.05, 4.69) is 15.3 Å². The number of carbonyl (C=O) groups excluding carboxylic acids is 1. The highest BCUT2D eigenvalue weighted by atomic mass is 16.5. The van der Waals surface area contributed by atoms with Gasteiger partial charge in [0.1, 0.15) is 11.5 Å². The molecule has 7 nitrogen and oxygen atoms in total. The lowest BCUT2D eigenvalue weighted by molar-refractivity contribution is 0.0517. The highest BCUT2D eigenvalue weighted by Crippen LogP contribution is 2.20. The molecule has 0 fully saturated rings. The molecule has 0 unspecified atom stereocenters. The number of oxazole rings is 1. The van der Waals surface area contributed by atoms with Gasteiger partial charge in [-0.1, -0.05) is 19.1 Å². The summed E-state index contributed by atoms with van der Waals surface area (Å²) in [5, 5.41) is 7.99. The van der Waals surface area contributed by atoms with Gasteiger partial charge < -0.3 is 9.15 Å². The molecule has 108 valence electrons. The highest BCUT2D eigenvalue weighted by molar-refractivity contribution is 5.88. The second-order valence-electron chi connectivity index (χ2n) is 4.71. The first-order chi connectivity index (χ1) is 9.54. The molecule has 0 atom stereocenters. The third-order valence-electron chi connectivity index (χ3n) is 2.93. The molecule has 0 bridgehead atoms. The van der Waals surface area contributed by atoms with Gasteiger partial charge in [0, 0.05) is 0 Å². The summed E-state index contributed by atoms with van der Waals surface area (Å²) in [5.74, 6) is 0.379. The lowest BCUT2D eigenvalue weighted by Crippen LogP contribution is -2.13. The van der Waals surface area contributed by atoms with Crippen molar-refractivity contribution in [2.75, 3.05) is 6.61 Å². The monoisotopic (exact) mass is 278 g/mol. The quantitative estimate of drug-likeness (QED) is 0.777. The van der Waals surface area contributed by atoms with Gasteiger partial charge in [0.25, 0.3) is 0 Å². The van der Waals surface area contributed by atoms with Crippen LogP contribution in [0.2, 0.25) is 0 Å². The number of rotatable bonds is 5. The zero-order valence-corrected chi connectivity index (χ0v) is 12.1. The summed E-state index contributed by atoms with van der Waals surface area (Å²) in [6.45, 7) is 8.28. The molecule has 0 radical (unpaired) electrons. The molecule has 2 aromatic rings. The Labute approximate surface area is 116 Å². The predicted molar refractivity (Wildman–Crippen MR) is 70.4 cm³/mol. The number of ether oxygens (including phenoxy) is 1. The van der Waals surface area contributed by atoms with E-state index >= 15 is 0 Å². The van der Waals surface area contributed by atoms with Crippen LogP contribution in [0.1, 0.15) is 54.3 Å². The molecular formula is C13H18N4O3. The van der Waals surface area contributed by atoms with Crippen molar-refractivity contribution in [2.45, 2.75) is 40.2 Å². The van der Waals surface area contributed by atoms with Gasteiger partial charge in [0.15, 0.2) is 12.1 Å². The molecule has 0 aromatic carbocycles. The molecule has 0 aliphatic carbocycles. The molecule has 7 heteroatoms. The van der Waals surface area contributed by atoms with Crippen LogP contribution in [0.5, 0.6) is 0 Å². The second-order valence-corrected chi connectivity index (χ2v) is 4.71. The maximum atomic E-state index is 11.9. The van der Waals surface area contributed by atoms with E-state index in [4.69, 9.17) is 9.15 Å². The standard InChI is InChI=1S/C13H18N4O3/c1-5-19-13(18)11-12(8(2)3)17(16-15-11)6-10-9(4)20-7-14-10/h7-8H,5-6H2,1-4H3. The predicted octanol–water partition coefficient (Wildman–Crippen LogP) is 1.92. The van der Waals surface area contributed by atoms with E-state index < -0.39 is 5.97 Å². The molecular weight excluding hydrogens is 260 g/mol. The number of esters is 1. The maximum Gasteiger partial charge on any atom is 0.360 e. The SMILES string of the molecule is CCOC(=O)c1nnn(Cc2ncoc2C)c1C(C)C. The Kier molecular flexibility index (Phi) is 4.16. The molecule has 20 heavy (non-hydrogen) atoms. The summed E-state index contributed by atoms with van der Waals surface area (Å²) in [7, 11) is 0. The van der Waals surface area contributed by atoms with Gasteiger partial charge in [-0.25, -0.2) is 14.5 Å². The van der Waals surface area contributed by atoms with Crippen molar-refractivity contribution < 1.29 is 13.9 Å². The van der Waals surface area contributed by atoms with Crippen LogP contribution in [0.3, 0.4) is 0 Å². The van der Waals surface area contributed by atoms with Gasteiger partial charge in [0.05, 0.1) is 18.8 Å². The van der Waals surface area contributed by atoms with Crippen molar-refractivity contribution in [2.24, 2.45) is 0 Å². The van der Waals surface area contributed by atoms with Crippen LogP contribution >= 0.6 is 0 Å². The van der Waals surface area contributed by atoms with E-state index in [1.165, 1.54) is 6.39 Å². The van der Waals surface area contributed by atoms with E-state index in [0.717, 1.165) is 17.1 Å². The minimum absolute atomic E-state index is 0.0941. The molecule has 0 saturated heterocycles. The Morgan fingerprint density at radius 2 is 2.25 bits per heavy atom. The Morgan fingerprint density at radius 1 is 1.50 bits per heavy atom. The van der Waals surface area contributed by atoms with Crippen molar-refractivity contribution in [3.63, 3.8) is 0 Å². The minimum Gasteiger partial charge on any atom is -0.461 e. The third-order valence-corrected chi connectivity index (χ3v) is 2.93. The largest absolute Gasteiger partial charge is 0.461 e. The Hall–Kier alpha value is -2.18. The molecule has 0 spiro atoms. The molecule has 2 aromatic heterocycles. The number of aromatic nitrogens is 4. The molecule has 2 heterocycles. The van der Waals surface area contributed by atoms with Crippen molar-refractivity contribution in [1.82, 2.24) is 20.0 Å². The van der Waals surface area contributed by atoms with Gasteiger partial charge >= 0.3 is 5.97 Å². The number of hydrogen-bond donors (Lipinski definition) is 0. The molecule has 0 amide bonds. The van der Waals surface area contributed by atoms with Crippen molar-refractivity contribution >= 4 is 5.97 Å². The molecule has 0 aliphatic heterocycles. The molecule has 2 rings (SSSR count). The van der Waals surface area contributed by atoms with Gasteiger partial charge in [-0.3, -0.25) is 0 Å². The zero-order valence-electron chi connectivity index (χ0n) is 12.1. The highest BCUT2D eigenvalue weighted by Gasteiger charge is 2.23. The summed E-state index contributed by atoms with van der Waals surface area (Å²) in [6.07, 6.45) is 1.39. The van der Waals surface area contributed by atoms with Crippen molar-refractivity contribution in [3.8, 4) is 0 Å². The molecule has 0 N–H and O–H groups in total. The Bertz CT molecular complexity index is 601. The number of nitrogens with zero attached hydrogens (tertiary/aromatic N) is 4. The van der Waals surface area contributed by atoms with Crippen LogP contribution in [0.25, 0.3) is 0 Å². The molecule has 0 saturated carbocycles. The minimum atomic E-state index is -0.445. The summed E-state index contributed by atoms with van der Waals surface area (Å²) in [4.78, 5) is 16.0. The fourth-order valence-electron chi connectivity index (χ4n) is 1.98. The average Bonchev–Trinajstić information content (AvgIpc) is 2.97. The third kappa shape index (κ3) is 2.71. The first-order valence-electron chi connectivity index (χ1n) is 6.54. The number of carbonyl (C=O) groups is 1. The number of aryl methyl sites for hydroxylation is 1. The summed E-state index contributed by atoms with van der Waals surface area (Å²) in [5.41, 5.74) is 1.78. The van der Waals surface area contributed by atoms with Crippen molar-refractivity contribution in [1.29, 1.82) is 0 Å². The van der Waals surface area contributed by atoms with Crippen LogP contribution in [0.15, 0.2) is 10.8 Å². The number of hydrogen-bond acceptors (Lipinski definition) is 6. The van der Waals surface area contributed by atoms with Gasteiger partial charge in [-0.2, -0.15) is 0 Å². The van der Waals surface area contributed by atoms with Crippen molar-refractivity contribution in [3.05, 3.63) is 29.2 Å². The van der Waals surface area contributed by atoms with E-state index in [9.17, 15) is 4.79 Å². The average molecular weight is 278 g/mol. The van der Waals surface area contributed by atoms with Crippen LogP contribution in [-0.4, -0.2) is 32.6 Å². The lowest BCUT2D eigenvalue weighted by Gasteiger charge is -2.09. The van der Waals surface area contributed by atoms with Crippen LogP contribution in [0.4, 0.5) is 0 Å². The summed E-state index contributed by atoms with van der Waals surface area (Å²) >= 11 is 0. The van der Waals surface area contributed by atoms with E-state index in [1.54, 1.807) is 11.6 Å². The van der Waals surface area contributed by atoms with Crippen LogP contribution in [-0.2, 0) is 11.3 Å². The smallest absolute Gasteiger partial charge is 0.360 e. The first-order valence-corrected chi connectivity index (χ1v) is 6.54. The van der Waals surface area contributed by atoms with Gasteiger partial charge in [0.2, 0.25) is 0 Å². The summed E-state index contributed by atoms with van der Waals surface area (Å²) in [6, 6.07) is 0. The fourth-order valence-corrected chi connectivity index (χ4v) is 1.98. The van der Waals surface area contributed by atoms with Crippen LogP contribution in [0, 0.1) is 6.92 Å². The Balaban J connectivity index is 2.34. The zero-order chi connectivity index (χ0) is 14.7. The topological polar surface area (TPSA) is 83.0 Å². The van der Waals surface area contributed by atoms with Crippen LogP contribution < -0.4 is 0 Å². The lowest BCUT2D eigenvalue weighted by atomic mass is 10.1. The maximum absolute atomic E-state index is 11.9. The van der Waals surface area contributed by atoms with E-state index in [1.807, 2.05) is 20.8 Å². The second kappa shape index (κ2) is 5.85. The molecule has 0 aliphatic rings. The normalized spacial score (nSPS) is 11.1.